The second-order valence-corrected chi connectivity index (χ2v) is 5.25. The van der Waals surface area contributed by atoms with E-state index in [1.165, 1.54) is 10.5 Å². The zero-order chi connectivity index (χ0) is 12.1. The molecule has 1 atom stereocenters. The first-order valence-corrected chi connectivity index (χ1v) is 6.95. The summed E-state index contributed by atoms with van der Waals surface area (Å²) in [5, 5.41) is 10.0. The van der Waals surface area contributed by atoms with E-state index in [2.05, 4.69) is 19.1 Å². The third-order valence-electron chi connectivity index (χ3n) is 2.78. The molecule has 0 fully saturated rings. The van der Waals surface area contributed by atoms with E-state index in [4.69, 9.17) is 4.74 Å². The van der Waals surface area contributed by atoms with Gasteiger partial charge in [-0.05, 0) is 37.5 Å². The fourth-order valence-electron chi connectivity index (χ4n) is 1.78. The highest BCUT2D eigenvalue weighted by atomic mass is 32.2. The van der Waals surface area contributed by atoms with E-state index in [1.54, 1.807) is 11.8 Å². The van der Waals surface area contributed by atoms with Crippen LogP contribution in [0.1, 0.15) is 18.4 Å². The number of thioether (sulfide) groups is 1. The number of ether oxygens (including phenoxy) is 1. The molecule has 1 aromatic rings. The van der Waals surface area contributed by atoms with Crippen LogP contribution in [0.3, 0.4) is 0 Å². The van der Waals surface area contributed by atoms with Crippen molar-refractivity contribution in [1.82, 2.24) is 0 Å². The van der Waals surface area contributed by atoms with E-state index in [0.717, 1.165) is 25.2 Å². The maximum absolute atomic E-state index is 10.0. The predicted octanol–water partition coefficient (Wildman–Crippen LogP) is 3.14. The fraction of sp³-hybridized carbons (Fsp3) is 0.429. The number of aliphatic hydroxyl groups excluding tert-OH is 1. The van der Waals surface area contributed by atoms with Crippen LogP contribution in [0.4, 0.5) is 0 Å². The maximum atomic E-state index is 10.0. The standard InChI is InChI=1S/C14H18O2S/c1-11-6-2-3-8-14(11)17-10-12(15)13-7-4-5-9-16-13/h2-3,6-8,12,15H,4-5,9-10H2,1H3. The summed E-state index contributed by atoms with van der Waals surface area (Å²) in [6.45, 7) is 2.82. The quantitative estimate of drug-likeness (QED) is 0.832. The van der Waals surface area contributed by atoms with Crippen molar-refractivity contribution in [2.45, 2.75) is 30.8 Å². The van der Waals surface area contributed by atoms with Crippen LogP contribution in [0.15, 0.2) is 41.0 Å². The molecule has 0 spiro atoms. The van der Waals surface area contributed by atoms with E-state index < -0.39 is 6.10 Å². The van der Waals surface area contributed by atoms with Crippen molar-refractivity contribution in [3.63, 3.8) is 0 Å². The van der Waals surface area contributed by atoms with Crippen LogP contribution in [-0.2, 0) is 4.74 Å². The molecule has 0 saturated carbocycles. The summed E-state index contributed by atoms with van der Waals surface area (Å²) in [4.78, 5) is 1.22. The van der Waals surface area contributed by atoms with Crippen LogP contribution in [0, 0.1) is 6.92 Å². The van der Waals surface area contributed by atoms with Gasteiger partial charge in [0.25, 0.3) is 0 Å². The number of benzene rings is 1. The van der Waals surface area contributed by atoms with Crippen molar-refractivity contribution in [2.75, 3.05) is 12.4 Å². The predicted molar refractivity (Wildman–Crippen MR) is 71.2 cm³/mol. The van der Waals surface area contributed by atoms with E-state index in [-0.39, 0.29) is 0 Å². The molecular formula is C14H18O2S. The van der Waals surface area contributed by atoms with Crippen LogP contribution in [0.5, 0.6) is 0 Å². The van der Waals surface area contributed by atoms with Gasteiger partial charge in [-0.3, -0.25) is 0 Å². The van der Waals surface area contributed by atoms with Crippen molar-refractivity contribution in [3.8, 4) is 0 Å². The van der Waals surface area contributed by atoms with Crippen LogP contribution in [0.25, 0.3) is 0 Å². The van der Waals surface area contributed by atoms with Crippen molar-refractivity contribution in [3.05, 3.63) is 41.7 Å². The Morgan fingerprint density at radius 3 is 2.94 bits per heavy atom. The minimum atomic E-state index is -0.486. The molecule has 1 heterocycles. The third kappa shape index (κ3) is 3.51. The summed E-state index contributed by atoms with van der Waals surface area (Å²) >= 11 is 1.68. The van der Waals surface area contributed by atoms with Gasteiger partial charge < -0.3 is 9.84 Å². The number of allylic oxidation sites excluding steroid dienone is 1. The minimum absolute atomic E-state index is 0.486. The Kier molecular flexibility index (Phi) is 4.51. The normalized spacial score (nSPS) is 17.2. The van der Waals surface area contributed by atoms with Gasteiger partial charge in [-0.2, -0.15) is 0 Å². The lowest BCUT2D eigenvalue weighted by atomic mass is 10.2. The maximum Gasteiger partial charge on any atom is 0.121 e. The zero-order valence-electron chi connectivity index (χ0n) is 10.1. The summed E-state index contributed by atoms with van der Waals surface area (Å²) in [5.41, 5.74) is 1.25. The lowest BCUT2D eigenvalue weighted by Gasteiger charge is -2.19. The second-order valence-electron chi connectivity index (χ2n) is 4.19. The van der Waals surface area contributed by atoms with Crippen molar-refractivity contribution in [2.24, 2.45) is 0 Å². The molecule has 1 unspecified atom stereocenters. The molecule has 1 N–H and O–H groups in total. The lowest BCUT2D eigenvalue weighted by Crippen LogP contribution is -2.18. The number of aliphatic hydroxyl groups is 1. The Labute approximate surface area is 107 Å². The molecule has 1 aromatic carbocycles. The average Bonchev–Trinajstić information content (AvgIpc) is 2.38. The summed E-state index contributed by atoms with van der Waals surface area (Å²) < 4.78 is 5.46. The Balaban J connectivity index is 1.89. The molecule has 0 bridgehead atoms. The molecule has 0 radical (unpaired) electrons. The topological polar surface area (TPSA) is 29.5 Å². The Morgan fingerprint density at radius 2 is 2.24 bits per heavy atom. The highest BCUT2D eigenvalue weighted by Crippen LogP contribution is 2.25. The van der Waals surface area contributed by atoms with Crippen LogP contribution >= 0.6 is 11.8 Å². The molecule has 0 saturated heterocycles. The monoisotopic (exact) mass is 250 g/mol. The van der Waals surface area contributed by atoms with Gasteiger partial charge in [0.15, 0.2) is 0 Å². The van der Waals surface area contributed by atoms with E-state index in [1.807, 2.05) is 18.2 Å². The fourth-order valence-corrected chi connectivity index (χ4v) is 2.75. The molecule has 0 amide bonds. The number of hydrogen-bond acceptors (Lipinski definition) is 3. The molecule has 1 aliphatic rings. The average molecular weight is 250 g/mol. The molecular weight excluding hydrogens is 232 g/mol. The summed E-state index contributed by atoms with van der Waals surface area (Å²) in [6, 6.07) is 8.23. The second kappa shape index (κ2) is 6.12. The van der Waals surface area contributed by atoms with Gasteiger partial charge in [0.1, 0.15) is 11.9 Å². The smallest absolute Gasteiger partial charge is 0.121 e. The van der Waals surface area contributed by atoms with Crippen molar-refractivity contribution >= 4 is 11.8 Å². The summed E-state index contributed by atoms with van der Waals surface area (Å²) in [7, 11) is 0. The molecule has 92 valence electrons. The Bertz CT molecular complexity index is 401. The summed E-state index contributed by atoms with van der Waals surface area (Å²) in [6.07, 6.45) is 3.59. The van der Waals surface area contributed by atoms with Gasteiger partial charge in [-0.15, -0.1) is 11.8 Å². The summed E-state index contributed by atoms with van der Waals surface area (Å²) in [5.74, 6) is 1.40. The third-order valence-corrected chi connectivity index (χ3v) is 4.03. The van der Waals surface area contributed by atoms with E-state index in [9.17, 15) is 5.11 Å². The first-order valence-electron chi connectivity index (χ1n) is 5.96. The highest BCUT2D eigenvalue weighted by Gasteiger charge is 2.15. The zero-order valence-corrected chi connectivity index (χ0v) is 10.9. The van der Waals surface area contributed by atoms with Gasteiger partial charge in [-0.1, -0.05) is 18.2 Å². The van der Waals surface area contributed by atoms with E-state index in [0.29, 0.717) is 5.75 Å². The SMILES string of the molecule is Cc1ccccc1SCC(O)C1=CCCCO1. The Morgan fingerprint density at radius 1 is 1.41 bits per heavy atom. The molecule has 1 aliphatic heterocycles. The van der Waals surface area contributed by atoms with Gasteiger partial charge in [0.05, 0.1) is 6.61 Å². The van der Waals surface area contributed by atoms with Gasteiger partial charge in [-0.25, -0.2) is 0 Å². The number of rotatable bonds is 4. The van der Waals surface area contributed by atoms with Crippen LogP contribution in [-0.4, -0.2) is 23.6 Å². The molecule has 0 aliphatic carbocycles. The van der Waals surface area contributed by atoms with Crippen LogP contribution < -0.4 is 0 Å². The van der Waals surface area contributed by atoms with Crippen molar-refractivity contribution < 1.29 is 9.84 Å². The first-order chi connectivity index (χ1) is 8.27. The molecule has 2 rings (SSSR count). The van der Waals surface area contributed by atoms with Gasteiger partial charge in [0, 0.05) is 10.6 Å². The number of hydrogen-bond donors (Lipinski definition) is 1. The molecule has 2 nitrogen and oxygen atoms in total. The van der Waals surface area contributed by atoms with Crippen molar-refractivity contribution in [1.29, 1.82) is 0 Å². The number of aryl methyl sites for hydroxylation is 1. The first kappa shape index (κ1) is 12.5. The minimum Gasteiger partial charge on any atom is -0.495 e. The molecule has 3 heteroatoms. The highest BCUT2D eigenvalue weighted by molar-refractivity contribution is 7.99. The van der Waals surface area contributed by atoms with Crippen LogP contribution in [0.2, 0.25) is 0 Å². The van der Waals surface area contributed by atoms with E-state index >= 15 is 0 Å². The van der Waals surface area contributed by atoms with Gasteiger partial charge >= 0.3 is 0 Å². The molecule has 0 aromatic heterocycles. The Hall–Kier alpha value is -0.930. The lowest BCUT2D eigenvalue weighted by molar-refractivity contribution is 0.104. The largest absolute Gasteiger partial charge is 0.495 e. The van der Waals surface area contributed by atoms with Gasteiger partial charge in [0.2, 0.25) is 0 Å². The molecule has 17 heavy (non-hydrogen) atoms.